The van der Waals surface area contributed by atoms with Gasteiger partial charge in [0, 0.05) is 36.9 Å². The third-order valence-corrected chi connectivity index (χ3v) is 3.46. The number of nitrogens with zero attached hydrogens (tertiary/aromatic N) is 2. The quantitative estimate of drug-likeness (QED) is 0.882. The Balaban J connectivity index is 1.91. The summed E-state index contributed by atoms with van der Waals surface area (Å²) in [7, 11) is 0. The maximum Gasteiger partial charge on any atom is 0.174 e. The van der Waals surface area contributed by atoms with Crippen molar-refractivity contribution < 1.29 is 4.74 Å². The lowest BCUT2D eigenvalue weighted by atomic mass is 10.2. The lowest BCUT2D eigenvalue weighted by Crippen LogP contribution is -2.31. The summed E-state index contributed by atoms with van der Waals surface area (Å²) in [6, 6.07) is 10.9. The van der Waals surface area contributed by atoms with Crippen LogP contribution < -0.4 is 10.1 Å². The molecule has 19 heavy (non-hydrogen) atoms. The fourth-order valence-corrected chi connectivity index (χ4v) is 2.40. The summed E-state index contributed by atoms with van der Waals surface area (Å²) in [5.41, 5.74) is 1.06. The first-order valence-electron chi connectivity index (χ1n) is 6.79. The van der Waals surface area contributed by atoms with Crippen LogP contribution in [0, 0.1) is 11.3 Å². The molecule has 0 saturated carbocycles. The molecular weight excluding hydrogens is 238 g/mol. The molecule has 2 rings (SSSR count). The van der Waals surface area contributed by atoms with Crippen LogP contribution in [-0.4, -0.2) is 36.7 Å². The average Bonchev–Trinajstić information content (AvgIpc) is 2.85. The molecule has 0 bridgehead atoms. The number of likely N-dealkylation sites (tertiary alicyclic amines) is 1. The topological polar surface area (TPSA) is 48.3 Å². The van der Waals surface area contributed by atoms with E-state index in [4.69, 9.17) is 10.00 Å². The van der Waals surface area contributed by atoms with Gasteiger partial charge in [0.2, 0.25) is 0 Å². The molecule has 4 heteroatoms. The van der Waals surface area contributed by atoms with Gasteiger partial charge in [-0.1, -0.05) is 6.07 Å². The van der Waals surface area contributed by atoms with E-state index in [0.29, 0.717) is 12.1 Å². The number of anilines is 1. The predicted octanol–water partition coefficient (Wildman–Crippen LogP) is 2.48. The van der Waals surface area contributed by atoms with Crippen molar-refractivity contribution in [2.75, 3.05) is 25.0 Å². The van der Waals surface area contributed by atoms with Gasteiger partial charge in [-0.2, -0.15) is 5.26 Å². The number of rotatable bonds is 5. The SMILES string of the molecule is CC(C)N1CCC(Nc2cccc(OCC#N)c2)C1. The van der Waals surface area contributed by atoms with Crippen molar-refractivity contribution in [3.05, 3.63) is 24.3 Å². The van der Waals surface area contributed by atoms with Gasteiger partial charge in [-0.05, 0) is 32.4 Å². The Morgan fingerprint density at radius 3 is 3.05 bits per heavy atom. The third-order valence-electron chi connectivity index (χ3n) is 3.46. The Kier molecular flexibility index (Phi) is 4.64. The van der Waals surface area contributed by atoms with Gasteiger partial charge in [-0.15, -0.1) is 0 Å². The Morgan fingerprint density at radius 2 is 2.37 bits per heavy atom. The Bertz CT molecular complexity index is 453. The van der Waals surface area contributed by atoms with E-state index in [1.807, 2.05) is 30.3 Å². The van der Waals surface area contributed by atoms with E-state index < -0.39 is 0 Å². The van der Waals surface area contributed by atoms with Crippen LogP contribution in [0.2, 0.25) is 0 Å². The van der Waals surface area contributed by atoms with Crippen molar-refractivity contribution in [2.45, 2.75) is 32.4 Å². The molecule has 1 heterocycles. The molecule has 1 atom stereocenters. The first kappa shape index (κ1) is 13.7. The van der Waals surface area contributed by atoms with E-state index in [1.54, 1.807) is 0 Å². The van der Waals surface area contributed by atoms with Crippen LogP contribution in [0.15, 0.2) is 24.3 Å². The molecule has 1 aromatic rings. The number of hydrogen-bond donors (Lipinski definition) is 1. The minimum atomic E-state index is 0.0913. The lowest BCUT2D eigenvalue weighted by molar-refractivity contribution is 0.274. The van der Waals surface area contributed by atoms with Gasteiger partial charge in [0.15, 0.2) is 6.61 Å². The minimum absolute atomic E-state index is 0.0913. The van der Waals surface area contributed by atoms with E-state index in [9.17, 15) is 0 Å². The van der Waals surface area contributed by atoms with Gasteiger partial charge in [-0.25, -0.2) is 0 Å². The maximum atomic E-state index is 8.51. The summed E-state index contributed by atoms with van der Waals surface area (Å²) >= 11 is 0. The largest absolute Gasteiger partial charge is 0.479 e. The van der Waals surface area contributed by atoms with E-state index in [1.165, 1.54) is 6.42 Å². The number of benzene rings is 1. The Morgan fingerprint density at radius 1 is 1.53 bits per heavy atom. The standard InChI is InChI=1S/C15H21N3O/c1-12(2)18-8-6-14(11-18)17-13-4-3-5-15(10-13)19-9-7-16/h3-5,10,12,14,17H,6,8-9,11H2,1-2H3. The van der Waals surface area contributed by atoms with Crippen LogP contribution in [0.4, 0.5) is 5.69 Å². The molecule has 102 valence electrons. The second kappa shape index (κ2) is 6.44. The van der Waals surface area contributed by atoms with Crippen LogP contribution in [0.1, 0.15) is 20.3 Å². The van der Waals surface area contributed by atoms with Crippen LogP contribution in [0.5, 0.6) is 5.75 Å². The summed E-state index contributed by atoms with van der Waals surface area (Å²) in [5.74, 6) is 0.741. The molecule has 1 N–H and O–H groups in total. The van der Waals surface area contributed by atoms with E-state index in [-0.39, 0.29) is 6.61 Å². The highest BCUT2D eigenvalue weighted by atomic mass is 16.5. The molecule has 0 radical (unpaired) electrons. The molecule has 0 aliphatic carbocycles. The van der Waals surface area contributed by atoms with Crippen LogP contribution in [0.25, 0.3) is 0 Å². The molecule has 1 unspecified atom stereocenters. The second-order valence-corrected chi connectivity index (χ2v) is 5.19. The fraction of sp³-hybridized carbons (Fsp3) is 0.533. The highest BCUT2D eigenvalue weighted by Crippen LogP contribution is 2.21. The average molecular weight is 259 g/mol. The zero-order chi connectivity index (χ0) is 13.7. The molecule has 1 saturated heterocycles. The third kappa shape index (κ3) is 3.87. The van der Waals surface area contributed by atoms with Gasteiger partial charge < -0.3 is 10.1 Å². The van der Waals surface area contributed by atoms with Crippen molar-refractivity contribution in [3.63, 3.8) is 0 Å². The van der Waals surface area contributed by atoms with Gasteiger partial charge in [0.25, 0.3) is 0 Å². The van der Waals surface area contributed by atoms with Crippen molar-refractivity contribution in [1.29, 1.82) is 5.26 Å². The van der Waals surface area contributed by atoms with Gasteiger partial charge in [0.05, 0.1) is 0 Å². The first-order valence-corrected chi connectivity index (χ1v) is 6.79. The van der Waals surface area contributed by atoms with E-state index in [2.05, 4.69) is 24.1 Å². The number of ether oxygens (including phenoxy) is 1. The van der Waals surface area contributed by atoms with Crippen molar-refractivity contribution in [3.8, 4) is 11.8 Å². The predicted molar refractivity (Wildman–Crippen MR) is 76.3 cm³/mol. The van der Waals surface area contributed by atoms with E-state index in [0.717, 1.165) is 24.5 Å². The zero-order valence-corrected chi connectivity index (χ0v) is 11.6. The van der Waals surface area contributed by atoms with Gasteiger partial charge >= 0.3 is 0 Å². The fourth-order valence-electron chi connectivity index (χ4n) is 2.40. The van der Waals surface area contributed by atoms with Crippen LogP contribution in [-0.2, 0) is 0 Å². The normalized spacial score (nSPS) is 19.4. The highest BCUT2D eigenvalue weighted by molar-refractivity contribution is 5.49. The number of nitrogens with one attached hydrogen (secondary N) is 1. The summed E-state index contributed by atoms with van der Waals surface area (Å²) in [5, 5.41) is 12.0. The second-order valence-electron chi connectivity index (χ2n) is 5.19. The molecule has 1 fully saturated rings. The number of nitriles is 1. The van der Waals surface area contributed by atoms with Crippen molar-refractivity contribution >= 4 is 5.69 Å². The Labute approximate surface area is 115 Å². The Hall–Kier alpha value is -1.73. The molecule has 0 spiro atoms. The molecular formula is C15H21N3O. The van der Waals surface area contributed by atoms with Gasteiger partial charge in [-0.3, -0.25) is 4.90 Å². The molecule has 0 amide bonds. The van der Waals surface area contributed by atoms with Crippen LogP contribution in [0.3, 0.4) is 0 Å². The zero-order valence-electron chi connectivity index (χ0n) is 11.6. The molecule has 1 aliphatic rings. The first-order chi connectivity index (χ1) is 9.19. The molecule has 4 nitrogen and oxygen atoms in total. The van der Waals surface area contributed by atoms with E-state index >= 15 is 0 Å². The molecule has 0 aromatic heterocycles. The van der Waals surface area contributed by atoms with Crippen LogP contribution >= 0.6 is 0 Å². The number of hydrogen-bond acceptors (Lipinski definition) is 4. The monoisotopic (exact) mass is 259 g/mol. The highest BCUT2D eigenvalue weighted by Gasteiger charge is 2.23. The molecule has 1 aliphatic heterocycles. The van der Waals surface area contributed by atoms with Crippen molar-refractivity contribution in [2.24, 2.45) is 0 Å². The minimum Gasteiger partial charge on any atom is -0.479 e. The van der Waals surface area contributed by atoms with Crippen molar-refractivity contribution in [1.82, 2.24) is 4.90 Å². The summed E-state index contributed by atoms with van der Waals surface area (Å²) < 4.78 is 5.31. The summed E-state index contributed by atoms with van der Waals surface area (Å²) in [6.07, 6.45) is 1.17. The smallest absolute Gasteiger partial charge is 0.174 e. The summed E-state index contributed by atoms with van der Waals surface area (Å²) in [6.45, 7) is 6.80. The lowest BCUT2D eigenvalue weighted by Gasteiger charge is -2.21. The maximum absolute atomic E-state index is 8.51. The molecule has 1 aromatic carbocycles. The van der Waals surface area contributed by atoms with Gasteiger partial charge in [0.1, 0.15) is 11.8 Å². The summed E-state index contributed by atoms with van der Waals surface area (Å²) in [4.78, 5) is 2.48.